The van der Waals surface area contributed by atoms with Gasteiger partial charge in [0.1, 0.15) is 17.2 Å². The van der Waals surface area contributed by atoms with Gasteiger partial charge >= 0.3 is 12.2 Å². The number of phenolic OH excluding ortho intramolecular Hbond substituents is 1. The summed E-state index contributed by atoms with van der Waals surface area (Å²) in [6.07, 6.45) is -3.37. The van der Waals surface area contributed by atoms with Crippen LogP contribution in [0.3, 0.4) is 0 Å². The minimum absolute atomic E-state index is 0.0691. The molecule has 0 aliphatic carbocycles. The number of phenols is 1. The molecule has 1 heterocycles. The van der Waals surface area contributed by atoms with Crippen LogP contribution in [0.5, 0.6) is 23.0 Å². The van der Waals surface area contributed by atoms with Crippen molar-refractivity contribution >= 4 is 40.8 Å². The fraction of sp³-hybridized carbons (Fsp3) is 0.0714. The normalized spacial score (nSPS) is 10.8. The summed E-state index contributed by atoms with van der Waals surface area (Å²) in [4.78, 5) is 41.0. The van der Waals surface area contributed by atoms with Gasteiger partial charge in [-0.15, -0.1) is 0 Å². The molecule has 0 aliphatic rings. The van der Waals surface area contributed by atoms with E-state index in [9.17, 15) is 32.7 Å². The van der Waals surface area contributed by atoms with E-state index >= 15 is 0 Å². The number of hydrazine groups is 1. The van der Waals surface area contributed by atoms with Crippen LogP contribution in [-0.4, -0.2) is 35.0 Å². The van der Waals surface area contributed by atoms with Gasteiger partial charge in [0.25, 0.3) is 11.8 Å². The summed E-state index contributed by atoms with van der Waals surface area (Å²) in [5, 5.41) is 14.1. The number of hydrogen-bond donors (Lipinski definition) is 5. The van der Waals surface area contributed by atoms with E-state index in [1.807, 2.05) is 0 Å². The first-order valence-electron chi connectivity index (χ1n) is 12.1. The van der Waals surface area contributed by atoms with Crippen LogP contribution in [0.15, 0.2) is 79.0 Å². The number of amides is 4. The highest BCUT2D eigenvalue weighted by molar-refractivity contribution is 6.31. The van der Waals surface area contributed by atoms with Crippen LogP contribution < -0.4 is 31.0 Å². The largest absolute Gasteiger partial charge is 0.504 e. The van der Waals surface area contributed by atoms with Crippen molar-refractivity contribution in [2.45, 2.75) is 6.18 Å². The number of hydrogen-bond acceptors (Lipinski definition) is 7. The first-order valence-corrected chi connectivity index (χ1v) is 12.5. The van der Waals surface area contributed by atoms with E-state index in [-0.39, 0.29) is 34.2 Å². The van der Waals surface area contributed by atoms with E-state index in [0.717, 1.165) is 12.1 Å². The first kappa shape index (κ1) is 30.5. The van der Waals surface area contributed by atoms with Crippen molar-refractivity contribution in [2.75, 3.05) is 17.7 Å². The van der Waals surface area contributed by atoms with Gasteiger partial charge in [0, 0.05) is 29.2 Å². The number of nitrogens with one attached hydrogen (secondary N) is 4. The maximum absolute atomic E-state index is 13.0. The second-order valence-electron chi connectivity index (χ2n) is 8.57. The first-order chi connectivity index (χ1) is 20.4. The maximum atomic E-state index is 13.0. The number of ether oxygens (including phenoxy) is 2. The summed E-state index contributed by atoms with van der Waals surface area (Å²) in [6.45, 7) is 0. The lowest BCUT2D eigenvalue weighted by Gasteiger charge is -2.13. The van der Waals surface area contributed by atoms with Crippen LogP contribution in [0.4, 0.5) is 29.3 Å². The Morgan fingerprint density at radius 1 is 0.837 bits per heavy atom. The van der Waals surface area contributed by atoms with Crippen molar-refractivity contribution in [2.24, 2.45) is 0 Å². The molecule has 15 heteroatoms. The van der Waals surface area contributed by atoms with Gasteiger partial charge in [-0.25, -0.2) is 4.79 Å². The van der Waals surface area contributed by atoms with Crippen LogP contribution >= 0.6 is 11.6 Å². The molecule has 0 fully saturated rings. The lowest BCUT2D eigenvalue weighted by atomic mass is 10.2. The second-order valence-corrected chi connectivity index (χ2v) is 8.98. The van der Waals surface area contributed by atoms with Gasteiger partial charge in [-0.1, -0.05) is 11.6 Å². The Labute approximate surface area is 246 Å². The van der Waals surface area contributed by atoms with Crippen LogP contribution in [0.25, 0.3) is 0 Å². The highest BCUT2D eigenvalue weighted by atomic mass is 35.5. The summed E-state index contributed by atoms with van der Waals surface area (Å²) >= 11 is 5.59. The molecule has 0 unspecified atom stereocenters. The molecule has 4 amide bonds. The summed E-state index contributed by atoms with van der Waals surface area (Å²) in [5.74, 6) is -0.957. The molecule has 4 rings (SSSR count). The zero-order valence-corrected chi connectivity index (χ0v) is 22.7. The lowest BCUT2D eigenvalue weighted by molar-refractivity contribution is -0.137. The molecule has 3 aromatic carbocycles. The number of aromatic hydroxyl groups is 1. The van der Waals surface area contributed by atoms with E-state index in [1.54, 1.807) is 0 Å². The number of rotatable bonds is 7. The smallest absolute Gasteiger partial charge is 0.417 e. The molecule has 4 aromatic rings. The van der Waals surface area contributed by atoms with Crippen molar-refractivity contribution in [3.05, 3.63) is 101 Å². The molecule has 0 atom stereocenters. The average molecular weight is 616 g/mol. The molecule has 43 heavy (non-hydrogen) atoms. The predicted octanol–water partition coefficient (Wildman–Crippen LogP) is 5.98. The van der Waals surface area contributed by atoms with Crippen LogP contribution in [0.1, 0.15) is 26.4 Å². The number of carbonyl (C=O) groups is 3. The molecule has 222 valence electrons. The minimum atomic E-state index is -4.68. The van der Waals surface area contributed by atoms with Gasteiger partial charge in [-0.05, 0) is 66.7 Å². The number of carbonyl (C=O) groups excluding carboxylic acids is 3. The second kappa shape index (κ2) is 13.0. The summed E-state index contributed by atoms with van der Waals surface area (Å²) < 4.78 is 49.8. The topological polar surface area (TPSA) is 151 Å². The van der Waals surface area contributed by atoms with E-state index < -0.39 is 34.6 Å². The van der Waals surface area contributed by atoms with Crippen molar-refractivity contribution in [3.63, 3.8) is 0 Å². The Balaban J connectivity index is 1.31. The van der Waals surface area contributed by atoms with Crippen molar-refractivity contribution < 1.29 is 42.1 Å². The van der Waals surface area contributed by atoms with Crippen LogP contribution in [0.2, 0.25) is 5.02 Å². The maximum Gasteiger partial charge on any atom is 0.417 e. The third-order valence-corrected chi connectivity index (χ3v) is 5.90. The summed E-state index contributed by atoms with van der Waals surface area (Å²) in [6, 6.07) is 14.9. The zero-order chi connectivity index (χ0) is 31.1. The molecular formula is C28H21ClF3N5O6. The third kappa shape index (κ3) is 8.04. The standard InChI is InChI=1S/C28H21ClF3N5O6/c1-42-24-9-2-15(12-23(24)38)25(39)36-37-26(40)22-14-19(10-11-33-22)43-18-6-3-16(4-7-18)34-27(41)35-17-5-8-21(29)20(13-17)28(30,31)32/h2-14,38H,1H3,(H,36,39)(H,37,40)(H2,34,35,41). The monoisotopic (exact) mass is 615 g/mol. The Hall–Kier alpha value is -5.50. The quantitative estimate of drug-likeness (QED) is 0.160. The van der Waals surface area contributed by atoms with Crippen LogP contribution in [-0.2, 0) is 6.18 Å². The van der Waals surface area contributed by atoms with Gasteiger partial charge in [0.05, 0.1) is 17.7 Å². The van der Waals surface area contributed by atoms with Crippen LogP contribution in [0, 0.1) is 0 Å². The number of nitrogens with zero attached hydrogens (tertiary/aromatic N) is 1. The number of urea groups is 1. The van der Waals surface area contributed by atoms with E-state index in [2.05, 4.69) is 26.5 Å². The zero-order valence-electron chi connectivity index (χ0n) is 22.0. The van der Waals surface area contributed by atoms with Crippen molar-refractivity contribution in [3.8, 4) is 23.0 Å². The van der Waals surface area contributed by atoms with E-state index in [4.69, 9.17) is 21.1 Å². The Kier molecular flexibility index (Phi) is 9.20. The fourth-order valence-electron chi connectivity index (χ4n) is 3.54. The third-order valence-electron chi connectivity index (χ3n) is 5.57. The van der Waals surface area contributed by atoms with E-state index in [0.29, 0.717) is 11.4 Å². The number of halogens is 4. The minimum Gasteiger partial charge on any atom is -0.504 e. The molecule has 0 spiro atoms. The highest BCUT2D eigenvalue weighted by Gasteiger charge is 2.33. The Morgan fingerprint density at radius 2 is 1.51 bits per heavy atom. The number of alkyl halides is 3. The predicted molar refractivity (Wildman–Crippen MR) is 149 cm³/mol. The van der Waals surface area contributed by atoms with Gasteiger partial charge in [-0.2, -0.15) is 13.2 Å². The molecule has 0 saturated heterocycles. The number of anilines is 2. The fourth-order valence-corrected chi connectivity index (χ4v) is 3.76. The molecule has 0 aliphatic heterocycles. The molecule has 0 saturated carbocycles. The summed E-state index contributed by atoms with van der Waals surface area (Å²) in [5.41, 5.74) is 3.54. The Morgan fingerprint density at radius 3 is 2.19 bits per heavy atom. The van der Waals surface area contributed by atoms with Crippen molar-refractivity contribution in [1.29, 1.82) is 0 Å². The molecule has 5 N–H and O–H groups in total. The van der Waals surface area contributed by atoms with Gasteiger partial charge in [0.15, 0.2) is 11.5 Å². The Bertz CT molecular complexity index is 1670. The average Bonchev–Trinajstić information content (AvgIpc) is 2.97. The molecule has 0 radical (unpaired) electrons. The lowest BCUT2D eigenvalue weighted by Crippen LogP contribution is -2.41. The number of pyridine rings is 1. The number of benzene rings is 3. The molecule has 1 aromatic heterocycles. The molecular weight excluding hydrogens is 595 g/mol. The molecule has 11 nitrogen and oxygen atoms in total. The van der Waals surface area contributed by atoms with E-state index in [1.165, 1.54) is 74.0 Å². The highest BCUT2D eigenvalue weighted by Crippen LogP contribution is 2.36. The number of methoxy groups -OCH3 is 1. The van der Waals surface area contributed by atoms with Gasteiger partial charge in [0.2, 0.25) is 0 Å². The van der Waals surface area contributed by atoms with Gasteiger partial charge < -0.3 is 25.2 Å². The molecule has 0 bridgehead atoms. The van der Waals surface area contributed by atoms with Gasteiger partial charge in [-0.3, -0.25) is 25.4 Å². The summed E-state index contributed by atoms with van der Waals surface area (Å²) in [7, 11) is 1.36. The van der Waals surface area contributed by atoms with Crippen molar-refractivity contribution in [1.82, 2.24) is 15.8 Å². The SMILES string of the molecule is COc1ccc(C(=O)NNC(=O)c2cc(Oc3ccc(NC(=O)Nc4ccc(Cl)c(C(F)(F)F)c4)cc3)ccn2)cc1O. The number of aromatic nitrogens is 1.